The van der Waals surface area contributed by atoms with E-state index in [-0.39, 0.29) is 0 Å². The van der Waals surface area contributed by atoms with Gasteiger partial charge in [-0.1, -0.05) is 30.3 Å². The second-order valence-corrected chi connectivity index (χ2v) is 6.88. The molecule has 0 saturated carbocycles. The van der Waals surface area contributed by atoms with Crippen LogP contribution in [0.5, 0.6) is 0 Å². The SMILES string of the molecule is Cc1nc(C2CCNCC2)c2[nH]c(-c3ccccc3)c(Br)c2n1. The average Bonchev–Trinajstić information content (AvgIpc) is 2.93. The van der Waals surface area contributed by atoms with E-state index >= 15 is 0 Å². The number of piperidine rings is 1. The minimum absolute atomic E-state index is 0.495. The Kier molecular flexibility index (Phi) is 3.91. The minimum Gasteiger partial charge on any atom is -0.351 e. The quantitative estimate of drug-likeness (QED) is 0.711. The summed E-state index contributed by atoms with van der Waals surface area (Å²) in [6, 6.07) is 10.4. The molecule has 4 rings (SSSR count). The van der Waals surface area contributed by atoms with Crippen molar-refractivity contribution in [3.05, 3.63) is 46.3 Å². The highest BCUT2D eigenvalue weighted by atomic mass is 79.9. The molecule has 0 bridgehead atoms. The van der Waals surface area contributed by atoms with E-state index in [1.807, 2.05) is 13.0 Å². The first kappa shape index (κ1) is 14.8. The van der Waals surface area contributed by atoms with Crippen molar-refractivity contribution in [1.29, 1.82) is 0 Å². The third-order valence-electron chi connectivity index (χ3n) is 4.51. The number of halogens is 1. The summed E-state index contributed by atoms with van der Waals surface area (Å²) in [4.78, 5) is 13.0. The second-order valence-electron chi connectivity index (χ2n) is 6.08. The third-order valence-corrected chi connectivity index (χ3v) is 5.29. The highest BCUT2D eigenvalue weighted by Crippen LogP contribution is 2.37. The lowest BCUT2D eigenvalue weighted by Crippen LogP contribution is -2.27. The molecule has 0 atom stereocenters. The molecule has 23 heavy (non-hydrogen) atoms. The van der Waals surface area contributed by atoms with E-state index in [0.717, 1.165) is 64.2 Å². The van der Waals surface area contributed by atoms with Crippen LogP contribution in [0.25, 0.3) is 22.3 Å². The van der Waals surface area contributed by atoms with Crippen molar-refractivity contribution >= 4 is 27.0 Å². The Morgan fingerprint density at radius 1 is 1.09 bits per heavy atom. The van der Waals surface area contributed by atoms with Crippen LogP contribution in [0.4, 0.5) is 0 Å². The Bertz CT molecular complexity index is 835. The van der Waals surface area contributed by atoms with E-state index in [2.05, 4.69) is 55.5 Å². The number of nitrogens with one attached hydrogen (secondary N) is 2. The van der Waals surface area contributed by atoms with Gasteiger partial charge >= 0.3 is 0 Å². The lowest BCUT2D eigenvalue weighted by atomic mass is 9.93. The third kappa shape index (κ3) is 2.68. The summed E-state index contributed by atoms with van der Waals surface area (Å²) in [5.74, 6) is 1.33. The van der Waals surface area contributed by atoms with Gasteiger partial charge in [0.15, 0.2) is 0 Å². The summed E-state index contributed by atoms with van der Waals surface area (Å²) in [7, 11) is 0. The number of H-pyrrole nitrogens is 1. The molecule has 2 N–H and O–H groups in total. The molecule has 3 heterocycles. The van der Waals surface area contributed by atoms with Crippen molar-refractivity contribution in [1.82, 2.24) is 20.3 Å². The number of nitrogens with zero attached hydrogens (tertiary/aromatic N) is 2. The zero-order valence-electron chi connectivity index (χ0n) is 13.1. The summed E-state index contributed by atoms with van der Waals surface area (Å²) < 4.78 is 1.03. The molecule has 5 heteroatoms. The molecule has 1 aromatic carbocycles. The topological polar surface area (TPSA) is 53.6 Å². The maximum Gasteiger partial charge on any atom is 0.126 e. The predicted octanol–water partition coefficient (Wildman–Crippen LogP) is 4.16. The van der Waals surface area contributed by atoms with Crippen LogP contribution in [0.2, 0.25) is 0 Å². The molecule has 1 aliphatic heterocycles. The van der Waals surface area contributed by atoms with Gasteiger partial charge < -0.3 is 10.3 Å². The fraction of sp³-hybridized carbons (Fsp3) is 0.333. The van der Waals surface area contributed by atoms with Gasteiger partial charge in [-0.2, -0.15) is 0 Å². The van der Waals surface area contributed by atoms with Crippen molar-refractivity contribution in [3.63, 3.8) is 0 Å². The van der Waals surface area contributed by atoms with Gasteiger partial charge in [0.2, 0.25) is 0 Å². The second kappa shape index (κ2) is 6.06. The fourth-order valence-corrected chi connectivity index (χ4v) is 3.98. The van der Waals surface area contributed by atoms with Crippen LogP contribution in [-0.2, 0) is 0 Å². The first-order valence-corrected chi connectivity index (χ1v) is 8.85. The van der Waals surface area contributed by atoms with Crippen LogP contribution in [0.3, 0.4) is 0 Å². The van der Waals surface area contributed by atoms with Crippen molar-refractivity contribution in [2.75, 3.05) is 13.1 Å². The predicted molar refractivity (Wildman–Crippen MR) is 96.6 cm³/mol. The maximum atomic E-state index is 4.78. The molecule has 1 aliphatic rings. The van der Waals surface area contributed by atoms with E-state index in [4.69, 9.17) is 4.98 Å². The van der Waals surface area contributed by atoms with Crippen molar-refractivity contribution in [2.24, 2.45) is 0 Å². The van der Waals surface area contributed by atoms with E-state index in [1.165, 1.54) is 0 Å². The van der Waals surface area contributed by atoms with E-state index in [0.29, 0.717) is 5.92 Å². The molecular formula is C18H19BrN4. The van der Waals surface area contributed by atoms with Gasteiger partial charge in [0, 0.05) is 5.92 Å². The van der Waals surface area contributed by atoms with Crippen LogP contribution in [0.1, 0.15) is 30.3 Å². The number of rotatable bonds is 2. The van der Waals surface area contributed by atoms with Crippen molar-refractivity contribution in [2.45, 2.75) is 25.7 Å². The van der Waals surface area contributed by atoms with Crippen LogP contribution in [0.15, 0.2) is 34.8 Å². The molecule has 0 amide bonds. The summed E-state index contributed by atoms with van der Waals surface area (Å²) in [5.41, 5.74) is 5.47. The van der Waals surface area contributed by atoms with Gasteiger partial charge in [-0.05, 0) is 54.3 Å². The number of aryl methyl sites for hydroxylation is 1. The molecular weight excluding hydrogens is 352 g/mol. The number of benzene rings is 1. The number of hydrogen-bond donors (Lipinski definition) is 2. The summed E-state index contributed by atoms with van der Waals surface area (Å²) in [6.45, 7) is 4.09. The monoisotopic (exact) mass is 370 g/mol. The molecule has 1 saturated heterocycles. The highest BCUT2D eigenvalue weighted by Gasteiger charge is 2.23. The van der Waals surface area contributed by atoms with Crippen LogP contribution in [-0.4, -0.2) is 28.0 Å². The Morgan fingerprint density at radius 3 is 2.57 bits per heavy atom. The Balaban J connectivity index is 1.91. The van der Waals surface area contributed by atoms with Gasteiger partial charge in [-0.15, -0.1) is 0 Å². The normalized spacial score (nSPS) is 16.1. The van der Waals surface area contributed by atoms with E-state index in [1.54, 1.807) is 0 Å². The van der Waals surface area contributed by atoms with E-state index < -0.39 is 0 Å². The van der Waals surface area contributed by atoms with Gasteiger partial charge in [0.25, 0.3) is 0 Å². The number of aromatic amines is 1. The van der Waals surface area contributed by atoms with E-state index in [9.17, 15) is 0 Å². The zero-order valence-corrected chi connectivity index (χ0v) is 14.7. The molecule has 4 nitrogen and oxygen atoms in total. The molecule has 118 valence electrons. The molecule has 0 radical (unpaired) electrons. The van der Waals surface area contributed by atoms with Crippen LogP contribution < -0.4 is 5.32 Å². The molecule has 0 aliphatic carbocycles. The molecule has 0 unspecified atom stereocenters. The molecule has 1 fully saturated rings. The van der Waals surface area contributed by atoms with Gasteiger partial charge in [-0.25, -0.2) is 9.97 Å². The molecule has 3 aromatic rings. The lowest BCUT2D eigenvalue weighted by Gasteiger charge is -2.22. The number of fused-ring (bicyclic) bond motifs is 1. The Morgan fingerprint density at radius 2 is 1.83 bits per heavy atom. The first-order valence-electron chi connectivity index (χ1n) is 8.06. The lowest BCUT2D eigenvalue weighted by molar-refractivity contribution is 0.454. The summed E-state index contributed by atoms with van der Waals surface area (Å²) in [6.07, 6.45) is 2.26. The summed E-state index contributed by atoms with van der Waals surface area (Å²) in [5, 5.41) is 3.43. The average molecular weight is 371 g/mol. The van der Waals surface area contributed by atoms with Crippen LogP contribution in [0, 0.1) is 6.92 Å². The standard InChI is InChI=1S/C18H19BrN4/c1-11-21-16(13-7-9-20-10-8-13)18-17(22-11)14(19)15(23-18)12-5-3-2-4-6-12/h2-6,13,20,23H,7-10H2,1H3. The minimum atomic E-state index is 0.495. The molecule has 2 aromatic heterocycles. The molecule has 0 spiro atoms. The van der Waals surface area contributed by atoms with Crippen molar-refractivity contribution in [3.8, 4) is 11.3 Å². The van der Waals surface area contributed by atoms with Gasteiger partial charge in [-0.3, -0.25) is 0 Å². The van der Waals surface area contributed by atoms with Crippen molar-refractivity contribution < 1.29 is 0 Å². The fourth-order valence-electron chi connectivity index (χ4n) is 3.37. The Hall–Kier alpha value is -1.72. The smallest absolute Gasteiger partial charge is 0.126 e. The van der Waals surface area contributed by atoms with Gasteiger partial charge in [0.05, 0.1) is 21.4 Å². The largest absolute Gasteiger partial charge is 0.351 e. The van der Waals surface area contributed by atoms with Gasteiger partial charge in [0.1, 0.15) is 11.3 Å². The first-order chi connectivity index (χ1) is 11.2. The highest BCUT2D eigenvalue weighted by molar-refractivity contribution is 9.10. The van der Waals surface area contributed by atoms with Crippen LogP contribution >= 0.6 is 15.9 Å². The summed E-state index contributed by atoms with van der Waals surface area (Å²) >= 11 is 3.75. The zero-order chi connectivity index (χ0) is 15.8. The number of hydrogen-bond acceptors (Lipinski definition) is 3. The Labute approximate surface area is 143 Å². The maximum absolute atomic E-state index is 4.78. The number of aromatic nitrogens is 3.